The zero-order valence-corrected chi connectivity index (χ0v) is 9.78. The number of nitrogens with two attached hydrogens (primary N) is 1. The lowest BCUT2D eigenvalue weighted by molar-refractivity contribution is -0.137. The summed E-state index contributed by atoms with van der Waals surface area (Å²) >= 11 is 5.63. The van der Waals surface area contributed by atoms with Crippen LogP contribution in [0.25, 0.3) is 0 Å². The molecule has 0 aromatic heterocycles. The second-order valence-electron chi connectivity index (χ2n) is 3.87. The highest BCUT2D eigenvalue weighted by atomic mass is 35.5. The maximum atomic E-state index is 9.85. The molecule has 2 rings (SSSR count). The average Bonchev–Trinajstić information content (AvgIpc) is 3.03. The fourth-order valence-corrected chi connectivity index (χ4v) is 1.32. The van der Waals surface area contributed by atoms with Crippen molar-refractivity contribution < 1.29 is 9.90 Å². The summed E-state index contributed by atoms with van der Waals surface area (Å²) in [4.78, 5) is 9.85. The Bertz CT molecular complexity index is 333. The predicted molar refractivity (Wildman–Crippen MR) is 64.3 cm³/mol. The Labute approximate surface area is 100 Å². The van der Waals surface area contributed by atoms with E-state index in [1.807, 2.05) is 24.3 Å². The van der Waals surface area contributed by atoms with Crippen molar-refractivity contribution >= 4 is 17.6 Å². The average molecular weight is 242 g/mol. The molecule has 3 nitrogen and oxygen atoms in total. The number of aliphatic carboxylic acids is 1. The van der Waals surface area contributed by atoms with Gasteiger partial charge in [0, 0.05) is 18.0 Å². The maximum Gasteiger partial charge on any atom is 0.303 e. The van der Waals surface area contributed by atoms with Gasteiger partial charge in [0.15, 0.2) is 0 Å². The van der Waals surface area contributed by atoms with Crippen LogP contribution in [0.2, 0.25) is 5.02 Å². The van der Waals surface area contributed by atoms with Crippen molar-refractivity contribution in [3.63, 3.8) is 0 Å². The van der Waals surface area contributed by atoms with Gasteiger partial charge in [-0.2, -0.15) is 0 Å². The number of hydrogen-bond acceptors (Lipinski definition) is 2. The minimum absolute atomic E-state index is 0.389. The number of carbonyl (C=O) groups is 1. The Hall–Kier alpha value is -1.06. The van der Waals surface area contributed by atoms with Gasteiger partial charge in [-0.05, 0) is 36.5 Å². The largest absolute Gasteiger partial charge is 0.481 e. The van der Waals surface area contributed by atoms with E-state index in [0.717, 1.165) is 23.4 Å². The normalized spacial score (nSPS) is 13.9. The van der Waals surface area contributed by atoms with Crippen molar-refractivity contribution in [1.29, 1.82) is 0 Å². The zero-order valence-electron chi connectivity index (χ0n) is 9.03. The molecule has 1 aliphatic carbocycles. The first kappa shape index (κ1) is 13.0. The molecule has 3 N–H and O–H groups in total. The number of halogens is 1. The van der Waals surface area contributed by atoms with Crippen LogP contribution in [0.3, 0.4) is 0 Å². The Morgan fingerprint density at radius 3 is 2.25 bits per heavy atom. The minimum atomic E-state index is -0.650. The number of carboxylic acid groups (broad SMARTS) is 1. The summed E-state index contributed by atoms with van der Waals surface area (Å²) < 4.78 is 0. The third kappa shape index (κ3) is 5.73. The molecule has 0 heterocycles. The molecule has 16 heavy (non-hydrogen) atoms. The third-order valence-corrected chi connectivity index (χ3v) is 2.56. The number of rotatable bonds is 3. The van der Waals surface area contributed by atoms with Crippen molar-refractivity contribution in [2.75, 3.05) is 0 Å². The molecule has 88 valence electrons. The quantitative estimate of drug-likeness (QED) is 0.855. The van der Waals surface area contributed by atoms with Crippen LogP contribution >= 0.6 is 11.6 Å². The summed E-state index contributed by atoms with van der Waals surface area (Å²) in [6, 6.07) is 7.51. The maximum absolute atomic E-state index is 9.85. The molecule has 0 bridgehead atoms. The van der Waals surface area contributed by atoms with E-state index >= 15 is 0 Å². The van der Waals surface area contributed by atoms with Gasteiger partial charge in [0.2, 0.25) is 0 Å². The number of hydrogen-bond donors (Lipinski definition) is 2. The van der Waals surface area contributed by atoms with Crippen LogP contribution in [0, 0.1) is 5.92 Å². The zero-order chi connectivity index (χ0) is 12.0. The summed E-state index contributed by atoms with van der Waals surface area (Å²) in [7, 11) is 0. The van der Waals surface area contributed by atoms with Crippen LogP contribution in [0.4, 0.5) is 0 Å². The van der Waals surface area contributed by atoms with Crippen LogP contribution in [0.1, 0.15) is 24.8 Å². The predicted octanol–water partition coefficient (Wildman–Crippen LogP) is 2.67. The lowest BCUT2D eigenvalue weighted by Gasteiger charge is -1.93. The van der Waals surface area contributed by atoms with E-state index in [1.54, 1.807) is 0 Å². The highest BCUT2D eigenvalue weighted by Gasteiger charge is 2.23. The highest BCUT2D eigenvalue weighted by Crippen LogP contribution is 2.31. The summed E-state index contributed by atoms with van der Waals surface area (Å²) in [5.74, 6) is -0.125. The van der Waals surface area contributed by atoms with Gasteiger partial charge in [0.05, 0.1) is 0 Å². The van der Waals surface area contributed by atoms with Crippen molar-refractivity contribution in [2.24, 2.45) is 11.7 Å². The van der Waals surface area contributed by atoms with Gasteiger partial charge in [0.25, 0.3) is 0 Å². The summed E-state index contributed by atoms with van der Waals surface area (Å²) in [5, 5.41) is 8.88. The lowest BCUT2D eigenvalue weighted by Crippen LogP contribution is -1.94. The smallest absolute Gasteiger partial charge is 0.303 e. The van der Waals surface area contributed by atoms with Crippen molar-refractivity contribution in [3.8, 4) is 0 Å². The van der Waals surface area contributed by atoms with E-state index < -0.39 is 5.97 Å². The van der Waals surface area contributed by atoms with E-state index in [0.29, 0.717) is 18.9 Å². The van der Waals surface area contributed by atoms with Crippen molar-refractivity contribution in [3.05, 3.63) is 34.9 Å². The third-order valence-electron chi connectivity index (χ3n) is 2.31. The molecule has 0 radical (unpaired) electrons. The van der Waals surface area contributed by atoms with Gasteiger partial charge in [-0.1, -0.05) is 23.7 Å². The topological polar surface area (TPSA) is 63.3 Å². The Balaban J connectivity index is 0.000000165. The van der Waals surface area contributed by atoms with Crippen LogP contribution in [-0.2, 0) is 11.3 Å². The van der Waals surface area contributed by atoms with Gasteiger partial charge < -0.3 is 10.8 Å². The second kappa shape index (κ2) is 6.51. The fourth-order valence-electron chi connectivity index (χ4n) is 1.19. The summed E-state index contributed by atoms with van der Waals surface area (Å²) in [5.41, 5.74) is 6.47. The SMILES string of the molecule is NCc1ccc(Cl)cc1.O=C(O)CC1CC1. The van der Waals surface area contributed by atoms with E-state index in [1.165, 1.54) is 0 Å². The van der Waals surface area contributed by atoms with Gasteiger partial charge in [-0.15, -0.1) is 0 Å². The summed E-state index contributed by atoms with van der Waals surface area (Å²) in [6.45, 7) is 0.581. The molecule has 1 fully saturated rings. The standard InChI is InChI=1S/C7H8ClN.C5H8O2/c8-7-3-1-6(5-9)2-4-7;6-5(7)3-4-1-2-4/h1-4H,5,9H2;4H,1-3H2,(H,6,7). The lowest BCUT2D eigenvalue weighted by atomic mass is 10.2. The highest BCUT2D eigenvalue weighted by molar-refractivity contribution is 6.30. The molecule has 0 unspecified atom stereocenters. The molecule has 1 aromatic carbocycles. The van der Waals surface area contributed by atoms with Crippen LogP contribution in [0.15, 0.2) is 24.3 Å². The van der Waals surface area contributed by atoms with E-state index in [-0.39, 0.29) is 0 Å². The monoisotopic (exact) mass is 241 g/mol. The van der Waals surface area contributed by atoms with E-state index in [2.05, 4.69) is 0 Å². The molecule has 1 aliphatic rings. The van der Waals surface area contributed by atoms with E-state index in [4.69, 9.17) is 22.4 Å². The second-order valence-corrected chi connectivity index (χ2v) is 4.31. The molecular formula is C12H16ClNO2. The number of carboxylic acids is 1. The molecule has 1 saturated carbocycles. The van der Waals surface area contributed by atoms with Gasteiger partial charge >= 0.3 is 5.97 Å². The first-order valence-electron chi connectivity index (χ1n) is 5.28. The van der Waals surface area contributed by atoms with Crippen molar-refractivity contribution in [2.45, 2.75) is 25.8 Å². The molecule has 1 aromatic rings. The van der Waals surface area contributed by atoms with Gasteiger partial charge in [-0.3, -0.25) is 4.79 Å². The molecule has 0 atom stereocenters. The van der Waals surface area contributed by atoms with E-state index in [9.17, 15) is 4.79 Å². The van der Waals surface area contributed by atoms with Crippen LogP contribution in [-0.4, -0.2) is 11.1 Å². The first-order valence-corrected chi connectivity index (χ1v) is 5.66. The Morgan fingerprint density at radius 1 is 1.38 bits per heavy atom. The molecular weight excluding hydrogens is 226 g/mol. The molecule has 0 aliphatic heterocycles. The molecule has 0 spiro atoms. The Kier molecular flexibility index (Phi) is 5.29. The van der Waals surface area contributed by atoms with Crippen molar-refractivity contribution in [1.82, 2.24) is 0 Å². The summed E-state index contributed by atoms with van der Waals surface area (Å²) in [6.07, 6.45) is 2.65. The minimum Gasteiger partial charge on any atom is -0.481 e. The molecule has 0 amide bonds. The number of benzene rings is 1. The van der Waals surface area contributed by atoms with Crippen LogP contribution in [0.5, 0.6) is 0 Å². The van der Waals surface area contributed by atoms with Gasteiger partial charge in [0.1, 0.15) is 0 Å². The molecule has 4 heteroatoms. The first-order chi connectivity index (χ1) is 7.61. The molecule has 0 saturated heterocycles. The Morgan fingerprint density at radius 2 is 1.94 bits per heavy atom. The fraction of sp³-hybridized carbons (Fsp3) is 0.417. The van der Waals surface area contributed by atoms with Crippen LogP contribution < -0.4 is 5.73 Å². The van der Waals surface area contributed by atoms with Gasteiger partial charge in [-0.25, -0.2) is 0 Å².